The number of aromatic nitrogens is 2. The smallest absolute Gasteiger partial charge is 0.233 e. The Morgan fingerprint density at radius 3 is 2.50 bits per heavy atom. The SMILES string of the molecule is CCOc1ccc(C#Cc2ccc(CC(C)NC(C)=O)cc2)nn1. The van der Waals surface area contributed by atoms with Crippen molar-refractivity contribution in [2.75, 3.05) is 6.61 Å². The van der Waals surface area contributed by atoms with Crippen LogP contribution < -0.4 is 10.1 Å². The number of hydrogen-bond donors (Lipinski definition) is 1. The van der Waals surface area contributed by atoms with Crippen molar-refractivity contribution in [2.45, 2.75) is 33.2 Å². The van der Waals surface area contributed by atoms with Crippen LogP contribution >= 0.6 is 0 Å². The van der Waals surface area contributed by atoms with Gasteiger partial charge >= 0.3 is 0 Å². The largest absolute Gasteiger partial charge is 0.477 e. The quantitative estimate of drug-likeness (QED) is 0.858. The molecule has 1 aromatic carbocycles. The summed E-state index contributed by atoms with van der Waals surface area (Å²) in [6.45, 7) is 5.97. The van der Waals surface area contributed by atoms with E-state index in [2.05, 4.69) is 27.4 Å². The van der Waals surface area contributed by atoms with E-state index in [1.165, 1.54) is 6.92 Å². The van der Waals surface area contributed by atoms with Gasteiger partial charge in [-0.25, -0.2) is 0 Å². The van der Waals surface area contributed by atoms with Gasteiger partial charge in [-0.3, -0.25) is 4.79 Å². The molecule has 2 rings (SSSR count). The van der Waals surface area contributed by atoms with Gasteiger partial charge in [0.05, 0.1) is 6.61 Å². The molecule has 1 atom stereocenters. The minimum Gasteiger partial charge on any atom is -0.477 e. The highest BCUT2D eigenvalue weighted by Gasteiger charge is 2.04. The average Bonchev–Trinajstić information content (AvgIpc) is 2.55. The van der Waals surface area contributed by atoms with Crippen LogP contribution in [0.5, 0.6) is 5.88 Å². The topological polar surface area (TPSA) is 64.1 Å². The van der Waals surface area contributed by atoms with E-state index >= 15 is 0 Å². The molecule has 0 saturated carbocycles. The highest BCUT2D eigenvalue weighted by atomic mass is 16.5. The Morgan fingerprint density at radius 2 is 1.92 bits per heavy atom. The van der Waals surface area contributed by atoms with Gasteiger partial charge in [0.1, 0.15) is 5.69 Å². The fourth-order valence-electron chi connectivity index (χ4n) is 2.22. The number of hydrogen-bond acceptors (Lipinski definition) is 4. The number of carbonyl (C=O) groups is 1. The summed E-state index contributed by atoms with van der Waals surface area (Å²) in [5, 5.41) is 10.8. The first-order valence-electron chi connectivity index (χ1n) is 7.91. The lowest BCUT2D eigenvalue weighted by Gasteiger charge is -2.12. The first kappa shape index (κ1) is 17.5. The van der Waals surface area contributed by atoms with Crippen molar-refractivity contribution in [3.63, 3.8) is 0 Å². The van der Waals surface area contributed by atoms with Crippen LogP contribution in [-0.2, 0) is 11.2 Å². The van der Waals surface area contributed by atoms with Gasteiger partial charge in [-0.05, 0) is 50.0 Å². The number of benzene rings is 1. The number of ether oxygens (including phenoxy) is 1. The molecule has 5 nitrogen and oxygen atoms in total. The zero-order valence-corrected chi connectivity index (χ0v) is 14.2. The van der Waals surface area contributed by atoms with Gasteiger partial charge in [0, 0.05) is 24.6 Å². The molecule has 1 heterocycles. The first-order valence-corrected chi connectivity index (χ1v) is 7.91. The summed E-state index contributed by atoms with van der Waals surface area (Å²) in [7, 11) is 0. The van der Waals surface area contributed by atoms with Crippen LogP contribution in [0.3, 0.4) is 0 Å². The normalized spacial score (nSPS) is 11.1. The van der Waals surface area contributed by atoms with Gasteiger partial charge in [0.15, 0.2) is 0 Å². The molecule has 1 aromatic heterocycles. The molecule has 5 heteroatoms. The molecule has 2 aromatic rings. The monoisotopic (exact) mass is 323 g/mol. The number of rotatable bonds is 5. The number of carbonyl (C=O) groups excluding carboxylic acids is 1. The maximum Gasteiger partial charge on any atom is 0.233 e. The molecule has 0 radical (unpaired) electrons. The maximum absolute atomic E-state index is 11.0. The van der Waals surface area contributed by atoms with Crippen molar-refractivity contribution >= 4 is 5.91 Å². The van der Waals surface area contributed by atoms with E-state index in [1.54, 1.807) is 12.1 Å². The molecule has 0 spiro atoms. The van der Waals surface area contributed by atoms with Gasteiger partial charge < -0.3 is 10.1 Å². The molecule has 0 saturated heterocycles. The molecular weight excluding hydrogens is 302 g/mol. The summed E-state index contributed by atoms with van der Waals surface area (Å²) >= 11 is 0. The minimum atomic E-state index is -0.0125. The van der Waals surface area contributed by atoms with Crippen LogP contribution in [0.2, 0.25) is 0 Å². The van der Waals surface area contributed by atoms with E-state index in [4.69, 9.17) is 4.74 Å². The van der Waals surface area contributed by atoms with E-state index in [9.17, 15) is 4.79 Å². The molecule has 1 N–H and O–H groups in total. The van der Waals surface area contributed by atoms with Crippen molar-refractivity contribution in [3.05, 3.63) is 53.2 Å². The van der Waals surface area contributed by atoms with E-state index in [-0.39, 0.29) is 11.9 Å². The van der Waals surface area contributed by atoms with Crippen LogP contribution in [0.15, 0.2) is 36.4 Å². The van der Waals surface area contributed by atoms with Crippen molar-refractivity contribution < 1.29 is 9.53 Å². The number of amides is 1. The van der Waals surface area contributed by atoms with Crippen molar-refractivity contribution in [1.29, 1.82) is 0 Å². The highest BCUT2D eigenvalue weighted by molar-refractivity contribution is 5.73. The van der Waals surface area contributed by atoms with E-state index in [1.807, 2.05) is 38.1 Å². The molecular formula is C19H21N3O2. The Bertz CT molecular complexity index is 728. The standard InChI is InChI=1S/C19H21N3O2/c1-4-24-19-12-11-18(21-22-19)10-9-16-5-7-17(8-6-16)13-14(2)20-15(3)23/h5-8,11-12,14H,4,13H2,1-3H3,(H,20,23). The molecule has 1 unspecified atom stereocenters. The summed E-state index contributed by atoms with van der Waals surface area (Å²) in [5.74, 6) is 6.53. The fourth-order valence-corrected chi connectivity index (χ4v) is 2.22. The first-order chi connectivity index (χ1) is 11.6. The molecule has 0 aliphatic heterocycles. The van der Waals surface area contributed by atoms with Crippen molar-refractivity contribution in [3.8, 4) is 17.7 Å². The van der Waals surface area contributed by atoms with Gasteiger partial charge in [0.25, 0.3) is 0 Å². The van der Waals surface area contributed by atoms with Gasteiger partial charge in [-0.15, -0.1) is 10.2 Å². The Balaban J connectivity index is 1.97. The average molecular weight is 323 g/mol. The van der Waals surface area contributed by atoms with Crippen molar-refractivity contribution in [2.24, 2.45) is 0 Å². The Morgan fingerprint density at radius 1 is 1.17 bits per heavy atom. The van der Waals surface area contributed by atoms with Crippen molar-refractivity contribution in [1.82, 2.24) is 15.5 Å². The predicted molar refractivity (Wildman–Crippen MR) is 92.6 cm³/mol. The zero-order chi connectivity index (χ0) is 17.4. The summed E-state index contributed by atoms with van der Waals surface area (Å²) in [4.78, 5) is 11.0. The van der Waals surface area contributed by atoms with Crippen LogP contribution in [-0.4, -0.2) is 28.8 Å². The highest BCUT2D eigenvalue weighted by Crippen LogP contribution is 2.07. The lowest BCUT2D eigenvalue weighted by molar-refractivity contribution is -0.119. The third-order valence-corrected chi connectivity index (χ3v) is 3.21. The van der Waals surface area contributed by atoms with Crippen LogP contribution in [0.4, 0.5) is 0 Å². The third-order valence-electron chi connectivity index (χ3n) is 3.21. The van der Waals surface area contributed by atoms with E-state index in [0.29, 0.717) is 18.2 Å². The lowest BCUT2D eigenvalue weighted by Crippen LogP contribution is -2.31. The predicted octanol–water partition coefficient (Wildman–Crippen LogP) is 2.34. The van der Waals surface area contributed by atoms with Gasteiger partial charge in [-0.1, -0.05) is 18.1 Å². The lowest BCUT2D eigenvalue weighted by atomic mass is 10.1. The van der Waals surface area contributed by atoms with E-state index < -0.39 is 0 Å². The van der Waals surface area contributed by atoms with Gasteiger partial charge in [-0.2, -0.15) is 0 Å². The third kappa shape index (κ3) is 5.73. The maximum atomic E-state index is 11.0. The minimum absolute atomic E-state index is 0.0125. The summed E-state index contributed by atoms with van der Waals surface area (Å²) in [6, 6.07) is 11.6. The zero-order valence-electron chi connectivity index (χ0n) is 14.2. The molecule has 0 bridgehead atoms. The molecule has 24 heavy (non-hydrogen) atoms. The molecule has 124 valence electrons. The second-order valence-electron chi connectivity index (χ2n) is 5.44. The second kappa shape index (κ2) is 8.68. The number of nitrogens with one attached hydrogen (secondary N) is 1. The molecule has 0 fully saturated rings. The number of nitrogens with zero attached hydrogens (tertiary/aromatic N) is 2. The molecule has 0 aliphatic carbocycles. The Kier molecular flexibility index (Phi) is 6.32. The van der Waals surface area contributed by atoms with Crippen LogP contribution in [0.1, 0.15) is 37.6 Å². The molecule has 1 amide bonds. The Labute approximate surface area is 142 Å². The van der Waals surface area contributed by atoms with Crippen LogP contribution in [0, 0.1) is 11.8 Å². The summed E-state index contributed by atoms with van der Waals surface area (Å²) in [5.41, 5.74) is 2.66. The summed E-state index contributed by atoms with van der Waals surface area (Å²) < 4.78 is 5.24. The fraction of sp³-hybridized carbons (Fsp3) is 0.316. The second-order valence-corrected chi connectivity index (χ2v) is 5.44. The molecule has 0 aliphatic rings. The van der Waals surface area contributed by atoms with Gasteiger partial charge in [0.2, 0.25) is 11.8 Å². The summed E-state index contributed by atoms with van der Waals surface area (Å²) in [6.07, 6.45) is 0.789. The van der Waals surface area contributed by atoms with E-state index in [0.717, 1.165) is 17.5 Å². The Hall–Kier alpha value is -2.87. The van der Waals surface area contributed by atoms with Crippen LogP contribution in [0.25, 0.3) is 0 Å².